The Kier molecular flexibility index (Phi) is 7.84. The Hall–Kier alpha value is -4.36. The van der Waals surface area contributed by atoms with Gasteiger partial charge in [-0.1, -0.05) is 6.07 Å². The van der Waals surface area contributed by atoms with Crippen LogP contribution in [0.4, 0.5) is 37.7 Å². The molecule has 0 aliphatic carbocycles. The molecule has 202 valence electrons. The lowest BCUT2D eigenvalue weighted by molar-refractivity contribution is -0.385. The molecule has 1 heterocycles. The monoisotopic (exact) mass is 542 g/mol. The predicted octanol–water partition coefficient (Wildman–Crippen LogP) is 5.62. The molecule has 1 unspecified atom stereocenters. The van der Waals surface area contributed by atoms with Gasteiger partial charge in [0.25, 0.3) is 17.2 Å². The van der Waals surface area contributed by atoms with Gasteiger partial charge in [0, 0.05) is 30.1 Å². The van der Waals surface area contributed by atoms with Crippen molar-refractivity contribution in [3.8, 4) is 5.69 Å². The van der Waals surface area contributed by atoms with E-state index in [1.165, 1.54) is 31.2 Å². The summed E-state index contributed by atoms with van der Waals surface area (Å²) in [6.45, 7) is 2.24. The third kappa shape index (κ3) is 6.69. The number of carbonyl (C=O) groups is 1. The summed E-state index contributed by atoms with van der Waals surface area (Å²) in [5.41, 5.74) is -2.74. The fourth-order valence-corrected chi connectivity index (χ4v) is 3.42. The SMILES string of the molecule is CC(Nc1cccc(-n2cc(C(=O)N[C@H](C)c3cc([N+](=O)[O-])cc(C(F)(F)F)c3)ccc2=O)c1)C(F)(F)F. The second kappa shape index (κ2) is 10.6. The molecule has 8 nitrogen and oxygen atoms in total. The number of carbonyl (C=O) groups excluding carboxylic acids is 1. The first-order valence-corrected chi connectivity index (χ1v) is 10.9. The minimum Gasteiger partial charge on any atom is -0.374 e. The van der Waals surface area contributed by atoms with Gasteiger partial charge in [0.15, 0.2) is 0 Å². The number of alkyl halides is 6. The van der Waals surface area contributed by atoms with Crippen LogP contribution in [0, 0.1) is 10.1 Å². The van der Waals surface area contributed by atoms with Crippen molar-refractivity contribution in [1.82, 2.24) is 9.88 Å². The minimum absolute atomic E-state index is 0.0637. The van der Waals surface area contributed by atoms with Crippen molar-refractivity contribution in [2.24, 2.45) is 0 Å². The first-order chi connectivity index (χ1) is 17.6. The average molecular weight is 542 g/mol. The number of nitro groups is 1. The zero-order chi connectivity index (χ0) is 28.4. The Balaban J connectivity index is 1.88. The molecule has 0 fully saturated rings. The van der Waals surface area contributed by atoms with Gasteiger partial charge in [-0.25, -0.2) is 0 Å². The number of halogens is 6. The summed E-state index contributed by atoms with van der Waals surface area (Å²) in [5, 5.41) is 15.8. The number of rotatable bonds is 7. The number of nitrogens with zero attached hydrogens (tertiary/aromatic N) is 2. The van der Waals surface area contributed by atoms with Crippen LogP contribution in [0.1, 0.15) is 41.4 Å². The lowest BCUT2D eigenvalue weighted by Crippen LogP contribution is -2.33. The first-order valence-electron chi connectivity index (χ1n) is 10.9. The summed E-state index contributed by atoms with van der Waals surface area (Å²) >= 11 is 0. The summed E-state index contributed by atoms with van der Waals surface area (Å²) in [6.07, 6.45) is -8.26. The van der Waals surface area contributed by atoms with Crippen LogP contribution in [0.25, 0.3) is 5.69 Å². The van der Waals surface area contributed by atoms with Gasteiger partial charge in [-0.2, -0.15) is 26.3 Å². The van der Waals surface area contributed by atoms with Gasteiger partial charge in [0.2, 0.25) is 0 Å². The second-order valence-corrected chi connectivity index (χ2v) is 8.35. The molecule has 0 saturated carbocycles. The number of hydrogen-bond donors (Lipinski definition) is 2. The Bertz CT molecular complexity index is 1420. The van der Waals surface area contributed by atoms with Gasteiger partial charge in [0.05, 0.1) is 27.8 Å². The lowest BCUT2D eigenvalue weighted by Gasteiger charge is -2.19. The largest absolute Gasteiger partial charge is 0.416 e. The molecule has 1 aromatic heterocycles. The molecule has 2 N–H and O–H groups in total. The van der Waals surface area contributed by atoms with Crippen molar-refractivity contribution in [1.29, 1.82) is 0 Å². The van der Waals surface area contributed by atoms with E-state index in [9.17, 15) is 46.0 Å². The minimum atomic E-state index is -4.86. The number of non-ortho nitro benzene ring substituents is 1. The van der Waals surface area contributed by atoms with Gasteiger partial charge in [-0.15, -0.1) is 0 Å². The molecule has 0 aliphatic rings. The highest BCUT2D eigenvalue weighted by molar-refractivity contribution is 5.94. The van der Waals surface area contributed by atoms with E-state index in [1.807, 2.05) is 0 Å². The number of nitrogens with one attached hydrogen (secondary N) is 2. The van der Waals surface area contributed by atoms with Gasteiger partial charge in [-0.3, -0.25) is 24.3 Å². The van der Waals surface area contributed by atoms with E-state index in [2.05, 4.69) is 10.6 Å². The Morgan fingerprint density at radius 2 is 1.68 bits per heavy atom. The zero-order valence-electron chi connectivity index (χ0n) is 19.7. The third-order valence-electron chi connectivity index (χ3n) is 5.50. The number of hydrogen-bond acceptors (Lipinski definition) is 5. The first kappa shape index (κ1) is 28.2. The van der Waals surface area contributed by atoms with Crippen molar-refractivity contribution >= 4 is 17.3 Å². The van der Waals surface area contributed by atoms with E-state index < -0.39 is 52.1 Å². The van der Waals surface area contributed by atoms with Crippen molar-refractivity contribution in [2.75, 3.05) is 5.32 Å². The summed E-state index contributed by atoms with van der Waals surface area (Å²) in [5.74, 6) is -0.814. The summed E-state index contributed by atoms with van der Waals surface area (Å²) in [7, 11) is 0. The van der Waals surface area contributed by atoms with E-state index >= 15 is 0 Å². The van der Waals surface area contributed by atoms with Gasteiger partial charge in [0.1, 0.15) is 6.04 Å². The van der Waals surface area contributed by atoms with Crippen molar-refractivity contribution in [3.63, 3.8) is 0 Å². The van der Waals surface area contributed by atoms with Gasteiger partial charge in [-0.05, 0) is 49.7 Å². The molecular formula is C24H20F6N4O4. The molecule has 38 heavy (non-hydrogen) atoms. The van der Waals surface area contributed by atoms with E-state index in [4.69, 9.17) is 0 Å². The molecule has 2 atom stereocenters. The molecule has 0 spiro atoms. The van der Waals surface area contributed by atoms with E-state index in [1.54, 1.807) is 0 Å². The number of aromatic nitrogens is 1. The second-order valence-electron chi connectivity index (χ2n) is 8.35. The molecule has 0 saturated heterocycles. The Labute approximate surface area is 211 Å². The standard InChI is InChI=1S/C24H20F6N4O4/c1-13(16-8-17(24(28,29)30)10-20(9-16)34(37)38)31-22(36)15-6-7-21(35)33(12-15)19-5-3-4-18(11-19)32-14(2)23(25,26)27/h3-14,32H,1-2H3,(H,31,36)/t13-,14?/m1/s1. The topological polar surface area (TPSA) is 106 Å². The van der Waals surface area contributed by atoms with Gasteiger partial charge >= 0.3 is 12.4 Å². The molecule has 0 bridgehead atoms. The van der Waals surface area contributed by atoms with Crippen molar-refractivity contribution < 1.29 is 36.1 Å². The number of nitro benzene ring substituents is 1. The molecular weight excluding hydrogens is 522 g/mol. The third-order valence-corrected chi connectivity index (χ3v) is 5.50. The Morgan fingerprint density at radius 3 is 2.29 bits per heavy atom. The molecule has 1 amide bonds. The maximum absolute atomic E-state index is 13.2. The van der Waals surface area contributed by atoms with Gasteiger partial charge < -0.3 is 10.6 Å². The summed E-state index contributed by atoms with van der Waals surface area (Å²) in [4.78, 5) is 35.4. The average Bonchev–Trinajstić information content (AvgIpc) is 2.83. The molecule has 0 radical (unpaired) electrons. The highest BCUT2D eigenvalue weighted by atomic mass is 19.4. The van der Waals surface area contributed by atoms with Crippen LogP contribution >= 0.6 is 0 Å². The van der Waals surface area contributed by atoms with Crippen LogP contribution in [0.2, 0.25) is 0 Å². The van der Waals surface area contributed by atoms with Crippen LogP contribution in [-0.4, -0.2) is 27.6 Å². The molecule has 14 heteroatoms. The van der Waals surface area contributed by atoms with Crippen LogP contribution < -0.4 is 16.2 Å². The molecule has 3 aromatic rings. The van der Waals surface area contributed by atoms with E-state index in [0.29, 0.717) is 12.1 Å². The van der Waals surface area contributed by atoms with Crippen LogP contribution in [0.15, 0.2) is 65.6 Å². The van der Waals surface area contributed by atoms with Crippen molar-refractivity contribution in [2.45, 2.75) is 38.3 Å². The quantitative estimate of drug-likeness (QED) is 0.229. The van der Waals surface area contributed by atoms with Crippen LogP contribution in [-0.2, 0) is 6.18 Å². The maximum atomic E-state index is 13.2. The molecule has 0 aliphatic heterocycles. The highest BCUT2D eigenvalue weighted by Gasteiger charge is 2.36. The lowest BCUT2D eigenvalue weighted by atomic mass is 10.0. The molecule has 2 aromatic carbocycles. The number of anilines is 1. The summed E-state index contributed by atoms with van der Waals surface area (Å²) in [6, 6.07) is 6.65. The van der Waals surface area contributed by atoms with Crippen LogP contribution in [0.3, 0.4) is 0 Å². The van der Waals surface area contributed by atoms with Crippen LogP contribution in [0.5, 0.6) is 0 Å². The van der Waals surface area contributed by atoms with Crippen molar-refractivity contribution in [3.05, 3.63) is 98.0 Å². The molecule has 3 rings (SSSR count). The van der Waals surface area contributed by atoms with E-state index in [-0.39, 0.29) is 22.5 Å². The smallest absolute Gasteiger partial charge is 0.374 e. The number of amides is 1. The van der Waals surface area contributed by atoms with E-state index in [0.717, 1.165) is 35.9 Å². The fraction of sp³-hybridized carbons (Fsp3) is 0.250. The Morgan fingerprint density at radius 1 is 1.00 bits per heavy atom. The number of benzene rings is 2. The number of pyridine rings is 1. The normalized spacial score (nSPS) is 13.5. The fourth-order valence-electron chi connectivity index (χ4n) is 3.42. The zero-order valence-corrected chi connectivity index (χ0v) is 19.7. The predicted molar refractivity (Wildman–Crippen MR) is 125 cm³/mol. The summed E-state index contributed by atoms with van der Waals surface area (Å²) < 4.78 is 79.3. The highest BCUT2D eigenvalue weighted by Crippen LogP contribution is 2.34. The maximum Gasteiger partial charge on any atom is 0.416 e.